The summed E-state index contributed by atoms with van der Waals surface area (Å²) in [4.78, 5) is 18.0. The molecule has 1 N–H and O–H groups in total. The Morgan fingerprint density at radius 3 is 2.61 bits per heavy atom. The Labute approximate surface area is 224 Å². The van der Waals surface area contributed by atoms with E-state index in [-0.39, 0.29) is 11.9 Å². The van der Waals surface area contributed by atoms with E-state index in [1.165, 1.54) is 19.0 Å². The molecule has 2 aromatic carbocycles. The second-order valence-corrected chi connectivity index (χ2v) is 11.2. The molecule has 200 valence electrons. The zero-order valence-electron chi connectivity index (χ0n) is 22.7. The molecule has 5 nitrogen and oxygen atoms in total. The molecule has 0 saturated carbocycles. The molecule has 0 spiro atoms. The van der Waals surface area contributed by atoms with Crippen LogP contribution in [0.2, 0.25) is 0 Å². The summed E-state index contributed by atoms with van der Waals surface area (Å²) in [6.07, 6.45) is 5.76. The highest BCUT2D eigenvalue weighted by molar-refractivity contribution is 5.70. The highest BCUT2D eigenvalue weighted by atomic mass is 19.1. The molecule has 1 saturated heterocycles. The summed E-state index contributed by atoms with van der Waals surface area (Å²) in [7, 11) is 0. The summed E-state index contributed by atoms with van der Waals surface area (Å²) in [5.74, 6) is -0.718. The first kappa shape index (κ1) is 26.4. The maximum Gasteiger partial charge on any atom is 0.306 e. The number of carbonyl (C=O) groups is 1. The molecule has 0 amide bonds. The number of likely N-dealkylation sites (tertiary alicyclic amines) is 1. The first-order valence-electron chi connectivity index (χ1n) is 13.7. The number of carboxylic acids is 1. The van der Waals surface area contributed by atoms with E-state index in [1.807, 2.05) is 31.2 Å². The highest BCUT2D eigenvalue weighted by Gasteiger charge is 2.29. The molecule has 3 unspecified atom stereocenters. The summed E-state index contributed by atoms with van der Waals surface area (Å²) < 4.78 is 21.5. The number of fused-ring (bicyclic) bond motifs is 1. The predicted molar refractivity (Wildman–Crippen MR) is 147 cm³/mol. The van der Waals surface area contributed by atoms with Gasteiger partial charge in [0.05, 0.1) is 12.1 Å². The Morgan fingerprint density at radius 2 is 1.87 bits per heavy atom. The third kappa shape index (κ3) is 5.46. The Bertz CT molecular complexity index is 1330. The largest absolute Gasteiger partial charge is 0.485 e. The molecule has 2 aliphatic rings. The summed E-state index contributed by atoms with van der Waals surface area (Å²) in [5, 5.41) is 9.31. The SMILES string of the molecule is Cc1cc(-c2ccc(C3CCc4ccc(CC(C)C(=O)O)cc4O3)cc2CN2C(C)CC[C@H]2C)c(F)cn1. The van der Waals surface area contributed by atoms with E-state index in [9.17, 15) is 14.3 Å². The van der Waals surface area contributed by atoms with Gasteiger partial charge in [0.15, 0.2) is 0 Å². The molecular weight excluding hydrogens is 479 g/mol. The van der Waals surface area contributed by atoms with Crippen LogP contribution in [0.5, 0.6) is 5.75 Å². The third-order valence-corrected chi connectivity index (χ3v) is 8.31. The van der Waals surface area contributed by atoms with Crippen molar-refractivity contribution in [2.24, 2.45) is 5.92 Å². The van der Waals surface area contributed by atoms with Crippen molar-refractivity contribution in [3.8, 4) is 16.9 Å². The van der Waals surface area contributed by atoms with E-state index in [0.29, 0.717) is 24.1 Å². The van der Waals surface area contributed by atoms with E-state index < -0.39 is 11.9 Å². The van der Waals surface area contributed by atoms with E-state index in [0.717, 1.165) is 58.6 Å². The van der Waals surface area contributed by atoms with Gasteiger partial charge in [0, 0.05) is 29.9 Å². The minimum Gasteiger partial charge on any atom is -0.485 e. The van der Waals surface area contributed by atoms with Gasteiger partial charge in [0.2, 0.25) is 0 Å². The van der Waals surface area contributed by atoms with Crippen molar-refractivity contribution in [1.29, 1.82) is 0 Å². The minimum absolute atomic E-state index is 0.111. The number of pyridine rings is 1. The van der Waals surface area contributed by atoms with Gasteiger partial charge in [0.25, 0.3) is 0 Å². The fraction of sp³-hybridized carbons (Fsp3) is 0.438. The molecule has 38 heavy (non-hydrogen) atoms. The van der Waals surface area contributed by atoms with Crippen LogP contribution in [-0.4, -0.2) is 33.0 Å². The van der Waals surface area contributed by atoms with Crippen LogP contribution >= 0.6 is 0 Å². The predicted octanol–water partition coefficient (Wildman–Crippen LogP) is 6.90. The number of benzene rings is 2. The summed E-state index contributed by atoms with van der Waals surface area (Å²) in [6.45, 7) is 8.92. The van der Waals surface area contributed by atoms with Crippen molar-refractivity contribution in [3.05, 3.63) is 82.4 Å². The Kier molecular flexibility index (Phi) is 7.53. The van der Waals surface area contributed by atoms with E-state index in [2.05, 4.69) is 41.9 Å². The minimum atomic E-state index is -0.795. The highest BCUT2D eigenvalue weighted by Crippen LogP contribution is 2.39. The van der Waals surface area contributed by atoms with Crippen LogP contribution in [0.1, 0.15) is 74.1 Å². The lowest BCUT2D eigenvalue weighted by atomic mass is 9.91. The molecule has 6 heteroatoms. The molecule has 0 bridgehead atoms. The number of ether oxygens (including phenoxy) is 1. The second kappa shape index (κ2) is 10.9. The number of aliphatic carboxylic acids is 1. The van der Waals surface area contributed by atoms with Gasteiger partial charge in [-0.15, -0.1) is 0 Å². The molecule has 2 aliphatic heterocycles. The van der Waals surface area contributed by atoms with E-state index >= 15 is 0 Å². The first-order valence-corrected chi connectivity index (χ1v) is 13.7. The molecule has 3 aromatic rings. The Morgan fingerprint density at radius 1 is 1.11 bits per heavy atom. The molecule has 4 atom stereocenters. The number of aromatic nitrogens is 1. The average molecular weight is 517 g/mol. The standard InChI is InChI=1S/C32H37FN2O3/c1-19(32(36)37)13-23-7-8-24-10-12-30(38-31(24)15-23)25-9-11-27(28-14-20(2)34-17-29(28)33)26(16-25)18-35-21(3)5-6-22(35)4/h7-9,11,14-17,19,21-22,30H,5-6,10,12-13,18H2,1-4H3,(H,36,37)/t19?,21-,22?,30?/m1/s1. The second-order valence-electron chi connectivity index (χ2n) is 11.2. The van der Waals surface area contributed by atoms with Gasteiger partial charge in [-0.2, -0.15) is 0 Å². The smallest absolute Gasteiger partial charge is 0.306 e. The van der Waals surface area contributed by atoms with Gasteiger partial charge in [-0.25, -0.2) is 4.39 Å². The van der Waals surface area contributed by atoms with Crippen LogP contribution in [-0.2, 0) is 24.2 Å². The van der Waals surface area contributed by atoms with Crippen molar-refractivity contribution in [2.75, 3.05) is 0 Å². The number of aryl methyl sites for hydroxylation is 2. The lowest BCUT2D eigenvalue weighted by Crippen LogP contribution is -2.32. The van der Waals surface area contributed by atoms with Gasteiger partial charge in [-0.05, 0) is 92.8 Å². The van der Waals surface area contributed by atoms with Crippen LogP contribution in [0.25, 0.3) is 11.1 Å². The van der Waals surface area contributed by atoms with Crippen molar-refractivity contribution >= 4 is 5.97 Å². The van der Waals surface area contributed by atoms with Gasteiger partial charge < -0.3 is 9.84 Å². The van der Waals surface area contributed by atoms with Crippen LogP contribution in [0, 0.1) is 18.7 Å². The van der Waals surface area contributed by atoms with Crippen molar-refractivity contribution < 1.29 is 19.0 Å². The topological polar surface area (TPSA) is 62.7 Å². The molecule has 1 fully saturated rings. The maximum atomic E-state index is 15.0. The molecule has 0 radical (unpaired) electrons. The zero-order chi connectivity index (χ0) is 27.0. The fourth-order valence-electron chi connectivity index (χ4n) is 5.93. The summed E-state index contributed by atoms with van der Waals surface area (Å²) >= 11 is 0. The number of hydrogen-bond acceptors (Lipinski definition) is 4. The zero-order valence-corrected chi connectivity index (χ0v) is 22.7. The van der Waals surface area contributed by atoms with Crippen molar-refractivity contribution in [1.82, 2.24) is 9.88 Å². The van der Waals surface area contributed by atoms with Gasteiger partial charge in [0.1, 0.15) is 17.7 Å². The molecule has 5 rings (SSSR count). The quantitative estimate of drug-likeness (QED) is 0.370. The Hall–Kier alpha value is -3.25. The van der Waals surface area contributed by atoms with Gasteiger partial charge >= 0.3 is 5.97 Å². The molecule has 3 heterocycles. The normalized spacial score (nSPS) is 22.1. The molecule has 1 aromatic heterocycles. The number of hydrogen-bond donors (Lipinski definition) is 1. The monoisotopic (exact) mass is 516 g/mol. The van der Waals surface area contributed by atoms with E-state index in [1.54, 1.807) is 6.92 Å². The summed E-state index contributed by atoms with van der Waals surface area (Å²) in [5.41, 5.74) is 6.60. The van der Waals surface area contributed by atoms with Crippen LogP contribution < -0.4 is 4.74 Å². The maximum absolute atomic E-state index is 15.0. The molecule has 0 aliphatic carbocycles. The third-order valence-electron chi connectivity index (χ3n) is 8.31. The summed E-state index contributed by atoms with van der Waals surface area (Å²) in [6, 6.07) is 15.2. The average Bonchev–Trinajstić information content (AvgIpc) is 3.21. The van der Waals surface area contributed by atoms with Crippen molar-refractivity contribution in [2.45, 2.75) is 84.5 Å². The number of halogens is 1. The number of rotatable bonds is 7. The van der Waals surface area contributed by atoms with Crippen molar-refractivity contribution in [3.63, 3.8) is 0 Å². The lowest BCUT2D eigenvalue weighted by Gasteiger charge is -2.30. The van der Waals surface area contributed by atoms with Crippen LogP contribution in [0.15, 0.2) is 48.7 Å². The van der Waals surface area contributed by atoms with Crippen LogP contribution in [0.3, 0.4) is 0 Å². The van der Waals surface area contributed by atoms with Gasteiger partial charge in [-0.1, -0.05) is 37.3 Å². The first-order chi connectivity index (χ1) is 18.2. The van der Waals surface area contributed by atoms with E-state index in [4.69, 9.17) is 4.74 Å². The molecular formula is C32H37FN2O3. The number of nitrogens with zero attached hydrogens (tertiary/aromatic N) is 2. The lowest BCUT2D eigenvalue weighted by molar-refractivity contribution is -0.141. The fourth-order valence-corrected chi connectivity index (χ4v) is 5.93. The van der Waals surface area contributed by atoms with Crippen LogP contribution in [0.4, 0.5) is 4.39 Å². The van der Waals surface area contributed by atoms with Gasteiger partial charge in [-0.3, -0.25) is 14.7 Å². The number of carboxylic acid groups (broad SMARTS) is 1. The Balaban J connectivity index is 1.47.